The lowest BCUT2D eigenvalue weighted by molar-refractivity contribution is 0.553. The summed E-state index contributed by atoms with van der Waals surface area (Å²) in [7, 11) is -3.16. The number of nitriles is 2. The molecule has 4 nitrogen and oxygen atoms in total. The molecule has 0 radical (unpaired) electrons. The summed E-state index contributed by atoms with van der Waals surface area (Å²) in [6, 6.07) is 3.66. The molecular weight excluding hydrogens is 176 g/mol. The molecule has 66 valence electrons. The van der Waals surface area contributed by atoms with Gasteiger partial charge in [-0.1, -0.05) is 0 Å². The Morgan fingerprint density at radius 2 is 1.83 bits per heavy atom. The topological polar surface area (TPSA) is 81.7 Å². The monoisotopic (exact) mass is 186 g/mol. The minimum atomic E-state index is -3.16. The van der Waals surface area contributed by atoms with Gasteiger partial charge in [-0.3, -0.25) is 0 Å². The van der Waals surface area contributed by atoms with E-state index in [1.807, 2.05) is 12.1 Å². The highest BCUT2D eigenvalue weighted by atomic mass is 32.2. The summed E-state index contributed by atoms with van der Waals surface area (Å²) in [5.41, 5.74) is 0. The largest absolute Gasteiger partial charge is 0.229 e. The third kappa shape index (κ3) is 3.95. The molecule has 0 saturated carbocycles. The first-order valence-corrected chi connectivity index (χ1v) is 5.43. The second-order valence-electron chi connectivity index (χ2n) is 2.75. The number of nitrogens with zero attached hydrogens (tertiary/aromatic N) is 2. The molecule has 12 heavy (non-hydrogen) atoms. The Morgan fingerprint density at radius 3 is 2.08 bits per heavy atom. The molecule has 0 saturated heterocycles. The van der Waals surface area contributed by atoms with E-state index in [1.165, 1.54) is 0 Å². The first-order valence-electron chi connectivity index (χ1n) is 3.37. The number of rotatable bonds is 3. The first kappa shape index (κ1) is 10.9. The van der Waals surface area contributed by atoms with Crippen LogP contribution in [0.1, 0.15) is 6.92 Å². The lowest BCUT2D eigenvalue weighted by Gasteiger charge is -2.07. The fourth-order valence-electron chi connectivity index (χ4n) is 0.710. The van der Waals surface area contributed by atoms with E-state index in [1.54, 1.807) is 6.92 Å². The van der Waals surface area contributed by atoms with Crippen LogP contribution in [-0.2, 0) is 9.84 Å². The van der Waals surface area contributed by atoms with E-state index in [9.17, 15) is 8.42 Å². The predicted molar refractivity (Wildman–Crippen MR) is 43.6 cm³/mol. The van der Waals surface area contributed by atoms with Crippen molar-refractivity contribution in [2.45, 2.75) is 6.92 Å². The summed E-state index contributed by atoms with van der Waals surface area (Å²) in [6.45, 7) is 1.54. The maximum absolute atomic E-state index is 10.8. The molecular formula is C7H10N2O2S. The molecule has 0 spiro atoms. The minimum absolute atomic E-state index is 0.238. The van der Waals surface area contributed by atoms with Crippen molar-refractivity contribution in [1.82, 2.24) is 0 Å². The van der Waals surface area contributed by atoms with Gasteiger partial charge in [0.15, 0.2) is 0 Å². The van der Waals surface area contributed by atoms with Crippen LogP contribution < -0.4 is 0 Å². The van der Waals surface area contributed by atoms with Gasteiger partial charge in [0.2, 0.25) is 0 Å². The van der Waals surface area contributed by atoms with Gasteiger partial charge in [-0.2, -0.15) is 10.5 Å². The average Bonchev–Trinajstić information content (AvgIpc) is 1.97. The van der Waals surface area contributed by atoms with Gasteiger partial charge < -0.3 is 0 Å². The Bertz CT molecular complexity index is 320. The van der Waals surface area contributed by atoms with E-state index in [2.05, 4.69) is 0 Å². The molecule has 0 amide bonds. The number of hydrogen-bond donors (Lipinski definition) is 0. The highest BCUT2D eigenvalue weighted by Crippen LogP contribution is 2.11. The van der Waals surface area contributed by atoms with E-state index in [0.717, 1.165) is 6.26 Å². The second-order valence-corrected chi connectivity index (χ2v) is 4.93. The van der Waals surface area contributed by atoms with E-state index < -0.39 is 21.7 Å². The Hall–Kier alpha value is -1.07. The maximum atomic E-state index is 10.8. The lowest BCUT2D eigenvalue weighted by Crippen LogP contribution is -2.18. The lowest BCUT2D eigenvalue weighted by atomic mass is 9.99. The molecule has 2 unspecified atom stereocenters. The molecule has 2 atom stereocenters. The summed E-state index contributed by atoms with van der Waals surface area (Å²) in [4.78, 5) is 0. The van der Waals surface area contributed by atoms with Crippen LogP contribution in [0.4, 0.5) is 0 Å². The molecule has 0 aromatic heterocycles. The fourth-order valence-corrected chi connectivity index (χ4v) is 1.73. The van der Waals surface area contributed by atoms with Crippen LogP contribution in [0.3, 0.4) is 0 Å². The van der Waals surface area contributed by atoms with Gasteiger partial charge in [-0.25, -0.2) is 8.42 Å². The van der Waals surface area contributed by atoms with Crippen molar-refractivity contribution in [3.63, 3.8) is 0 Å². The minimum Gasteiger partial charge on any atom is -0.229 e. The van der Waals surface area contributed by atoms with Gasteiger partial charge in [-0.15, -0.1) is 0 Å². The van der Waals surface area contributed by atoms with Crippen LogP contribution >= 0.6 is 0 Å². The van der Waals surface area contributed by atoms with Crippen LogP contribution in [0, 0.1) is 34.5 Å². The third-order valence-electron chi connectivity index (χ3n) is 1.46. The normalized spacial score (nSPS) is 15.7. The standard InChI is InChI=1S/C7H10N2O2S/c1-6(3-8)7(4-9)5-12(2,10)11/h6-7H,5H2,1-2H3. The molecule has 0 N–H and O–H groups in total. The Kier molecular flexibility index (Phi) is 3.72. The SMILES string of the molecule is CC(C#N)C(C#N)CS(C)(=O)=O. The summed E-state index contributed by atoms with van der Waals surface area (Å²) >= 11 is 0. The van der Waals surface area contributed by atoms with Crippen molar-refractivity contribution in [2.24, 2.45) is 11.8 Å². The van der Waals surface area contributed by atoms with Crippen molar-refractivity contribution in [3.8, 4) is 12.1 Å². The van der Waals surface area contributed by atoms with Crippen molar-refractivity contribution >= 4 is 9.84 Å². The van der Waals surface area contributed by atoms with Crippen LogP contribution in [0.2, 0.25) is 0 Å². The number of hydrogen-bond acceptors (Lipinski definition) is 4. The third-order valence-corrected chi connectivity index (χ3v) is 2.42. The van der Waals surface area contributed by atoms with Crippen molar-refractivity contribution in [3.05, 3.63) is 0 Å². The van der Waals surface area contributed by atoms with E-state index >= 15 is 0 Å². The molecule has 0 aromatic carbocycles. The molecule has 0 heterocycles. The zero-order chi connectivity index (χ0) is 9.78. The first-order chi connectivity index (χ1) is 5.40. The molecule has 0 aliphatic carbocycles. The van der Waals surface area contributed by atoms with Crippen LogP contribution in [0.5, 0.6) is 0 Å². The zero-order valence-corrected chi connectivity index (χ0v) is 7.80. The summed E-state index contributed by atoms with van der Waals surface area (Å²) in [5, 5.41) is 17.0. The summed E-state index contributed by atoms with van der Waals surface area (Å²) < 4.78 is 21.5. The van der Waals surface area contributed by atoms with Crippen molar-refractivity contribution in [1.29, 1.82) is 10.5 Å². The van der Waals surface area contributed by atoms with E-state index in [4.69, 9.17) is 10.5 Å². The zero-order valence-electron chi connectivity index (χ0n) is 6.98. The molecule has 0 fully saturated rings. The molecule has 0 aromatic rings. The molecule has 5 heteroatoms. The van der Waals surface area contributed by atoms with Gasteiger partial charge >= 0.3 is 0 Å². The van der Waals surface area contributed by atoms with E-state index in [0.29, 0.717) is 0 Å². The second kappa shape index (κ2) is 4.08. The maximum Gasteiger partial charge on any atom is 0.148 e. The van der Waals surface area contributed by atoms with E-state index in [-0.39, 0.29) is 5.75 Å². The molecule has 0 rings (SSSR count). The summed E-state index contributed by atoms with van der Waals surface area (Å²) in [5.74, 6) is -1.49. The van der Waals surface area contributed by atoms with Gasteiger partial charge in [-0.05, 0) is 6.92 Å². The molecule has 0 aliphatic heterocycles. The average molecular weight is 186 g/mol. The highest BCUT2D eigenvalue weighted by molar-refractivity contribution is 7.90. The van der Waals surface area contributed by atoms with Crippen LogP contribution in [0.15, 0.2) is 0 Å². The van der Waals surface area contributed by atoms with Gasteiger partial charge in [0.1, 0.15) is 9.84 Å². The smallest absolute Gasteiger partial charge is 0.148 e. The molecule has 0 bridgehead atoms. The van der Waals surface area contributed by atoms with Gasteiger partial charge in [0.25, 0.3) is 0 Å². The summed E-state index contributed by atoms with van der Waals surface area (Å²) in [6.07, 6.45) is 1.06. The van der Waals surface area contributed by atoms with Crippen molar-refractivity contribution in [2.75, 3.05) is 12.0 Å². The predicted octanol–water partition coefficient (Wildman–Crippen LogP) is 0.330. The van der Waals surface area contributed by atoms with Gasteiger partial charge in [0.05, 0.1) is 29.7 Å². The Morgan fingerprint density at radius 1 is 1.33 bits per heavy atom. The van der Waals surface area contributed by atoms with Crippen LogP contribution in [0.25, 0.3) is 0 Å². The van der Waals surface area contributed by atoms with Gasteiger partial charge in [0, 0.05) is 6.26 Å². The number of sulfone groups is 1. The van der Waals surface area contributed by atoms with Crippen molar-refractivity contribution < 1.29 is 8.42 Å². The molecule has 0 aliphatic rings. The Labute approximate surface area is 72.3 Å². The fraction of sp³-hybridized carbons (Fsp3) is 0.714. The highest BCUT2D eigenvalue weighted by Gasteiger charge is 2.20. The Balaban J connectivity index is 4.45. The van der Waals surface area contributed by atoms with Crippen LogP contribution in [-0.4, -0.2) is 20.4 Å². The quantitative estimate of drug-likeness (QED) is 0.636.